The predicted octanol–water partition coefficient (Wildman–Crippen LogP) is 0.846. The topological polar surface area (TPSA) is 65.1 Å². The van der Waals surface area contributed by atoms with Crippen molar-refractivity contribution in [2.75, 3.05) is 20.7 Å². The molecule has 2 unspecified atom stereocenters. The van der Waals surface area contributed by atoms with Crippen LogP contribution in [0.3, 0.4) is 0 Å². The van der Waals surface area contributed by atoms with Crippen molar-refractivity contribution in [2.24, 2.45) is 0 Å². The fraction of sp³-hybridized carbons (Fsp3) is 0.429. The standard InChI is InChI=1S/C14H17NO5/c1-9-13(14(17)15(2)8-12(16)18-3)20-11-7-5-4-6-10(11)19-9/h4-7,9,13H,8H2,1-3H3. The van der Waals surface area contributed by atoms with Gasteiger partial charge >= 0.3 is 5.97 Å². The molecule has 1 aliphatic rings. The van der Waals surface area contributed by atoms with Crippen molar-refractivity contribution in [2.45, 2.75) is 19.1 Å². The fourth-order valence-corrected chi connectivity index (χ4v) is 1.94. The largest absolute Gasteiger partial charge is 0.482 e. The van der Waals surface area contributed by atoms with Gasteiger partial charge in [-0.25, -0.2) is 0 Å². The number of likely N-dealkylation sites (N-methyl/N-ethyl adjacent to an activating group) is 1. The number of rotatable bonds is 3. The molecule has 0 bridgehead atoms. The van der Waals surface area contributed by atoms with Crippen molar-refractivity contribution in [1.82, 2.24) is 4.90 Å². The van der Waals surface area contributed by atoms with Crippen molar-refractivity contribution >= 4 is 11.9 Å². The van der Waals surface area contributed by atoms with Crippen molar-refractivity contribution in [3.63, 3.8) is 0 Å². The molecule has 0 fully saturated rings. The highest BCUT2D eigenvalue weighted by Crippen LogP contribution is 2.33. The third-order valence-electron chi connectivity index (χ3n) is 3.06. The van der Waals surface area contributed by atoms with E-state index in [1.807, 2.05) is 6.07 Å². The predicted molar refractivity (Wildman–Crippen MR) is 70.6 cm³/mol. The van der Waals surface area contributed by atoms with Crippen LogP contribution in [0.2, 0.25) is 0 Å². The number of para-hydroxylation sites is 2. The molecule has 1 aliphatic heterocycles. The van der Waals surface area contributed by atoms with Crippen molar-refractivity contribution < 1.29 is 23.8 Å². The molecule has 0 radical (unpaired) electrons. The summed E-state index contributed by atoms with van der Waals surface area (Å²) in [6, 6.07) is 7.16. The second kappa shape index (κ2) is 5.81. The Hall–Kier alpha value is -2.24. The first-order valence-corrected chi connectivity index (χ1v) is 6.27. The second-order valence-electron chi connectivity index (χ2n) is 4.58. The van der Waals surface area contributed by atoms with Crippen LogP contribution in [0, 0.1) is 0 Å². The van der Waals surface area contributed by atoms with E-state index in [0.29, 0.717) is 11.5 Å². The van der Waals surface area contributed by atoms with Crippen LogP contribution in [-0.2, 0) is 14.3 Å². The van der Waals surface area contributed by atoms with Crippen LogP contribution in [0.1, 0.15) is 6.92 Å². The SMILES string of the molecule is COC(=O)CN(C)C(=O)C1Oc2ccccc2OC1C. The van der Waals surface area contributed by atoms with Gasteiger partial charge in [0, 0.05) is 7.05 Å². The second-order valence-corrected chi connectivity index (χ2v) is 4.58. The molecule has 0 saturated heterocycles. The molecule has 20 heavy (non-hydrogen) atoms. The Balaban J connectivity index is 2.09. The van der Waals surface area contributed by atoms with E-state index in [2.05, 4.69) is 4.74 Å². The van der Waals surface area contributed by atoms with Crippen molar-refractivity contribution in [1.29, 1.82) is 0 Å². The maximum absolute atomic E-state index is 12.3. The zero-order valence-corrected chi connectivity index (χ0v) is 11.7. The number of carbonyl (C=O) groups excluding carboxylic acids is 2. The molecule has 0 aromatic heterocycles. The van der Waals surface area contributed by atoms with Crippen LogP contribution < -0.4 is 9.47 Å². The van der Waals surface area contributed by atoms with E-state index in [4.69, 9.17) is 9.47 Å². The molecule has 6 nitrogen and oxygen atoms in total. The number of benzene rings is 1. The van der Waals surface area contributed by atoms with Crippen LogP contribution in [-0.4, -0.2) is 49.7 Å². The summed E-state index contributed by atoms with van der Waals surface area (Å²) in [6.07, 6.45) is -1.21. The number of hydrogen-bond acceptors (Lipinski definition) is 5. The van der Waals surface area contributed by atoms with Crippen LogP contribution in [0.25, 0.3) is 0 Å². The normalized spacial score (nSPS) is 20.1. The molecule has 0 spiro atoms. The Morgan fingerprint density at radius 2 is 1.85 bits per heavy atom. The summed E-state index contributed by atoms with van der Waals surface area (Å²) in [5, 5.41) is 0. The first-order chi connectivity index (χ1) is 9.52. The van der Waals surface area contributed by atoms with E-state index < -0.39 is 18.2 Å². The molecule has 1 aromatic carbocycles. The highest BCUT2D eigenvalue weighted by molar-refractivity contribution is 5.86. The van der Waals surface area contributed by atoms with Gasteiger partial charge in [0.2, 0.25) is 6.10 Å². The lowest BCUT2D eigenvalue weighted by Crippen LogP contribution is -2.50. The lowest BCUT2D eigenvalue weighted by atomic mass is 10.1. The number of hydrogen-bond donors (Lipinski definition) is 0. The van der Waals surface area contributed by atoms with Gasteiger partial charge in [0.1, 0.15) is 12.6 Å². The summed E-state index contributed by atoms with van der Waals surface area (Å²) in [5.41, 5.74) is 0. The van der Waals surface area contributed by atoms with Gasteiger partial charge < -0.3 is 19.1 Å². The highest BCUT2D eigenvalue weighted by Gasteiger charge is 2.36. The minimum Gasteiger partial charge on any atom is -0.482 e. The molecule has 108 valence electrons. The summed E-state index contributed by atoms with van der Waals surface area (Å²) in [4.78, 5) is 24.8. The average molecular weight is 279 g/mol. The Labute approximate surface area is 117 Å². The Morgan fingerprint density at radius 3 is 2.45 bits per heavy atom. The molecule has 0 saturated carbocycles. The molecule has 2 rings (SSSR count). The average Bonchev–Trinajstić information content (AvgIpc) is 2.45. The number of ether oxygens (including phenoxy) is 3. The molecule has 1 heterocycles. The van der Waals surface area contributed by atoms with Gasteiger partial charge in [-0.2, -0.15) is 0 Å². The van der Waals surface area contributed by atoms with Crippen LogP contribution >= 0.6 is 0 Å². The maximum atomic E-state index is 12.3. The number of carbonyl (C=O) groups is 2. The maximum Gasteiger partial charge on any atom is 0.325 e. The molecule has 0 N–H and O–H groups in total. The quantitative estimate of drug-likeness (QED) is 0.767. The van der Waals surface area contributed by atoms with E-state index in [1.165, 1.54) is 19.1 Å². The molecule has 1 aromatic rings. The summed E-state index contributed by atoms with van der Waals surface area (Å²) in [6.45, 7) is 1.63. The number of methoxy groups -OCH3 is 1. The third-order valence-corrected chi connectivity index (χ3v) is 3.06. The highest BCUT2D eigenvalue weighted by atomic mass is 16.6. The number of esters is 1. The number of fused-ring (bicyclic) bond motifs is 1. The smallest absolute Gasteiger partial charge is 0.325 e. The fourth-order valence-electron chi connectivity index (χ4n) is 1.94. The lowest BCUT2D eigenvalue weighted by molar-refractivity contribution is -0.151. The summed E-state index contributed by atoms with van der Waals surface area (Å²) < 4.78 is 15.9. The summed E-state index contributed by atoms with van der Waals surface area (Å²) in [5.74, 6) is 0.332. The first-order valence-electron chi connectivity index (χ1n) is 6.27. The van der Waals surface area contributed by atoms with Gasteiger partial charge in [0.25, 0.3) is 5.91 Å². The monoisotopic (exact) mass is 279 g/mol. The van der Waals surface area contributed by atoms with E-state index in [1.54, 1.807) is 25.1 Å². The molecule has 2 atom stereocenters. The van der Waals surface area contributed by atoms with Gasteiger partial charge in [-0.3, -0.25) is 9.59 Å². The summed E-state index contributed by atoms with van der Waals surface area (Å²) >= 11 is 0. The zero-order valence-electron chi connectivity index (χ0n) is 11.7. The van der Waals surface area contributed by atoms with Gasteiger partial charge in [-0.05, 0) is 19.1 Å². The molecule has 6 heteroatoms. The minimum atomic E-state index is -0.778. The lowest BCUT2D eigenvalue weighted by Gasteiger charge is -2.33. The molecule has 0 aliphatic carbocycles. The van der Waals surface area contributed by atoms with Gasteiger partial charge in [-0.15, -0.1) is 0 Å². The Kier molecular flexibility index (Phi) is 4.12. The van der Waals surface area contributed by atoms with Crippen LogP contribution in [0.4, 0.5) is 0 Å². The minimum absolute atomic E-state index is 0.121. The Morgan fingerprint density at radius 1 is 1.25 bits per heavy atom. The number of amides is 1. The van der Waals surface area contributed by atoms with Crippen molar-refractivity contribution in [3.8, 4) is 11.5 Å². The molecule has 1 amide bonds. The van der Waals surface area contributed by atoms with Gasteiger partial charge in [0.15, 0.2) is 11.5 Å². The molecular weight excluding hydrogens is 262 g/mol. The third kappa shape index (κ3) is 2.84. The first kappa shape index (κ1) is 14.2. The van der Waals surface area contributed by atoms with Gasteiger partial charge in [-0.1, -0.05) is 12.1 Å². The van der Waals surface area contributed by atoms with E-state index >= 15 is 0 Å². The van der Waals surface area contributed by atoms with Crippen molar-refractivity contribution in [3.05, 3.63) is 24.3 Å². The van der Waals surface area contributed by atoms with E-state index in [9.17, 15) is 9.59 Å². The van der Waals surface area contributed by atoms with E-state index in [0.717, 1.165) is 0 Å². The number of nitrogens with zero attached hydrogens (tertiary/aromatic N) is 1. The molecular formula is C14H17NO5. The Bertz CT molecular complexity index is 516. The summed E-state index contributed by atoms with van der Waals surface area (Å²) in [7, 11) is 2.80. The van der Waals surface area contributed by atoms with E-state index in [-0.39, 0.29) is 12.5 Å². The van der Waals surface area contributed by atoms with Crippen LogP contribution in [0.5, 0.6) is 11.5 Å². The van der Waals surface area contributed by atoms with Gasteiger partial charge in [0.05, 0.1) is 7.11 Å². The zero-order chi connectivity index (χ0) is 14.7. The van der Waals surface area contributed by atoms with Crippen LogP contribution in [0.15, 0.2) is 24.3 Å².